The first-order valence-corrected chi connectivity index (χ1v) is 4.55. The van der Waals surface area contributed by atoms with Crippen LogP contribution in [0.2, 0.25) is 5.15 Å². The van der Waals surface area contributed by atoms with Crippen molar-refractivity contribution in [2.45, 2.75) is 19.3 Å². The fourth-order valence-corrected chi connectivity index (χ4v) is 1.71. The van der Waals surface area contributed by atoms with E-state index in [1.54, 1.807) is 6.20 Å². The Morgan fingerprint density at radius 1 is 1.42 bits per heavy atom. The number of hydrogen-bond acceptors (Lipinski definition) is 1. The van der Waals surface area contributed by atoms with Crippen molar-refractivity contribution in [3.63, 3.8) is 0 Å². The first-order valence-electron chi connectivity index (χ1n) is 4.17. The zero-order chi connectivity index (χ0) is 8.39. The lowest BCUT2D eigenvalue weighted by molar-refractivity contribution is 0.935. The van der Waals surface area contributed by atoms with E-state index in [4.69, 9.17) is 11.6 Å². The largest absolute Gasteiger partial charge is 0.245 e. The highest BCUT2D eigenvalue weighted by Gasteiger charge is 2.06. The Hall–Kier alpha value is -0.820. The highest BCUT2D eigenvalue weighted by atomic mass is 35.5. The molecule has 2 rings (SSSR count). The van der Waals surface area contributed by atoms with Gasteiger partial charge in [-0.15, -0.1) is 0 Å². The van der Waals surface area contributed by atoms with E-state index in [1.165, 1.54) is 30.4 Å². The third-order valence-corrected chi connectivity index (χ3v) is 2.35. The molecule has 0 bridgehead atoms. The molecule has 0 spiro atoms. The van der Waals surface area contributed by atoms with E-state index in [9.17, 15) is 0 Å². The maximum Gasteiger partial charge on any atom is 0.129 e. The molecule has 1 aromatic rings. The van der Waals surface area contributed by atoms with Gasteiger partial charge in [0, 0.05) is 6.20 Å². The summed E-state index contributed by atoms with van der Waals surface area (Å²) in [6.45, 7) is 0. The molecule has 0 aromatic carbocycles. The van der Waals surface area contributed by atoms with E-state index in [1.807, 2.05) is 12.1 Å². The van der Waals surface area contributed by atoms with E-state index in [-0.39, 0.29) is 0 Å². The number of allylic oxidation sites excluding steroid dienone is 2. The average Bonchev–Trinajstić information content (AvgIpc) is 2.56. The molecule has 62 valence electrons. The normalized spacial score (nSPS) is 16.2. The summed E-state index contributed by atoms with van der Waals surface area (Å²) >= 11 is 5.78. The Bertz CT molecular complexity index is 317. The van der Waals surface area contributed by atoms with Crippen molar-refractivity contribution in [1.29, 1.82) is 0 Å². The fraction of sp³-hybridized carbons (Fsp3) is 0.300. The van der Waals surface area contributed by atoms with Crippen LogP contribution in [0.5, 0.6) is 0 Å². The minimum atomic E-state index is 0.584. The van der Waals surface area contributed by atoms with Crippen LogP contribution in [-0.4, -0.2) is 4.98 Å². The number of nitrogens with zero attached hydrogens (tertiary/aromatic N) is 1. The molecule has 1 heterocycles. The summed E-state index contributed by atoms with van der Waals surface area (Å²) in [5.41, 5.74) is 2.65. The summed E-state index contributed by atoms with van der Waals surface area (Å²) < 4.78 is 0. The maximum absolute atomic E-state index is 5.78. The zero-order valence-corrected chi connectivity index (χ0v) is 7.51. The van der Waals surface area contributed by atoms with Crippen LogP contribution in [0, 0.1) is 0 Å². The summed E-state index contributed by atoms with van der Waals surface area (Å²) in [4.78, 5) is 3.95. The van der Waals surface area contributed by atoms with Crippen LogP contribution in [0.25, 0.3) is 5.57 Å². The predicted octanol–water partition coefficient (Wildman–Crippen LogP) is 3.30. The molecular formula is C10H10ClN. The van der Waals surface area contributed by atoms with Crippen LogP contribution < -0.4 is 0 Å². The molecule has 0 aliphatic heterocycles. The Labute approximate surface area is 77.1 Å². The Morgan fingerprint density at radius 3 is 3.00 bits per heavy atom. The summed E-state index contributed by atoms with van der Waals surface area (Å²) in [6.07, 6.45) is 7.70. The van der Waals surface area contributed by atoms with Crippen molar-refractivity contribution >= 4 is 17.2 Å². The lowest BCUT2D eigenvalue weighted by Gasteiger charge is -2.00. The Balaban J connectivity index is 2.33. The topological polar surface area (TPSA) is 12.9 Å². The molecule has 1 aromatic heterocycles. The second-order valence-corrected chi connectivity index (χ2v) is 3.38. The van der Waals surface area contributed by atoms with Crippen molar-refractivity contribution in [3.8, 4) is 0 Å². The minimum absolute atomic E-state index is 0.584. The highest BCUT2D eigenvalue weighted by Crippen LogP contribution is 2.27. The van der Waals surface area contributed by atoms with Gasteiger partial charge in [0.25, 0.3) is 0 Å². The summed E-state index contributed by atoms with van der Waals surface area (Å²) in [6, 6.07) is 3.95. The molecule has 0 radical (unpaired) electrons. The van der Waals surface area contributed by atoms with Crippen molar-refractivity contribution in [2.24, 2.45) is 0 Å². The quantitative estimate of drug-likeness (QED) is 0.603. The second-order valence-electron chi connectivity index (χ2n) is 2.99. The van der Waals surface area contributed by atoms with Crippen LogP contribution >= 0.6 is 11.6 Å². The third kappa shape index (κ3) is 1.51. The molecule has 0 amide bonds. The van der Waals surface area contributed by atoms with Gasteiger partial charge in [0.15, 0.2) is 0 Å². The minimum Gasteiger partial charge on any atom is -0.245 e. The number of hydrogen-bond donors (Lipinski definition) is 0. The molecular weight excluding hydrogens is 170 g/mol. The smallest absolute Gasteiger partial charge is 0.129 e. The first kappa shape index (κ1) is 7.81. The second kappa shape index (κ2) is 3.28. The van der Waals surface area contributed by atoms with Gasteiger partial charge in [-0.05, 0) is 42.5 Å². The van der Waals surface area contributed by atoms with Gasteiger partial charge in [-0.25, -0.2) is 4.98 Å². The Morgan fingerprint density at radius 2 is 2.33 bits per heavy atom. The summed E-state index contributed by atoms with van der Waals surface area (Å²) in [5.74, 6) is 0. The van der Waals surface area contributed by atoms with Crippen LogP contribution in [0.3, 0.4) is 0 Å². The van der Waals surface area contributed by atoms with Gasteiger partial charge in [0.05, 0.1) is 0 Å². The molecule has 12 heavy (non-hydrogen) atoms. The molecule has 0 atom stereocenters. The predicted molar refractivity (Wildman–Crippen MR) is 51.1 cm³/mol. The van der Waals surface area contributed by atoms with Crippen LogP contribution in [0.1, 0.15) is 24.8 Å². The molecule has 0 fully saturated rings. The van der Waals surface area contributed by atoms with E-state index < -0.39 is 0 Å². The van der Waals surface area contributed by atoms with E-state index in [0.29, 0.717) is 5.15 Å². The van der Waals surface area contributed by atoms with Crippen molar-refractivity contribution < 1.29 is 0 Å². The van der Waals surface area contributed by atoms with Gasteiger partial charge in [-0.1, -0.05) is 17.7 Å². The van der Waals surface area contributed by atoms with Gasteiger partial charge < -0.3 is 0 Å². The molecule has 0 unspecified atom stereocenters. The van der Waals surface area contributed by atoms with Crippen molar-refractivity contribution in [3.05, 3.63) is 35.1 Å². The van der Waals surface area contributed by atoms with Crippen LogP contribution in [0.15, 0.2) is 24.4 Å². The molecule has 0 saturated heterocycles. The lowest BCUT2D eigenvalue weighted by Crippen LogP contribution is -1.82. The molecule has 2 heteroatoms. The van der Waals surface area contributed by atoms with E-state index >= 15 is 0 Å². The first-order chi connectivity index (χ1) is 5.86. The molecule has 1 aliphatic rings. The van der Waals surface area contributed by atoms with Gasteiger partial charge in [0.1, 0.15) is 5.15 Å². The maximum atomic E-state index is 5.78. The number of halogens is 1. The SMILES string of the molecule is Clc1cc(C2=CCCC2)ccn1. The summed E-state index contributed by atoms with van der Waals surface area (Å²) in [7, 11) is 0. The fourth-order valence-electron chi connectivity index (χ4n) is 1.54. The average molecular weight is 180 g/mol. The molecule has 1 aliphatic carbocycles. The van der Waals surface area contributed by atoms with Gasteiger partial charge in [0.2, 0.25) is 0 Å². The monoisotopic (exact) mass is 179 g/mol. The molecule has 1 nitrogen and oxygen atoms in total. The van der Waals surface area contributed by atoms with E-state index in [0.717, 1.165) is 0 Å². The number of aromatic nitrogens is 1. The van der Waals surface area contributed by atoms with Crippen molar-refractivity contribution in [2.75, 3.05) is 0 Å². The van der Waals surface area contributed by atoms with Crippen molar-refractivity contribution in [1.82, 2.24) is 4.98 Å². The van der Waals surface area contributed by atoms with E-state index in [2.05, 4.69) is 11.1 Å². The number of rotatable bonds is 1. The molecule has 0 saturated carbocycles. The lowest BCUT2D eigenvalue weighted by atomic mass is 10.1. The molecule has 0 N–H and O–H groups in total. The summed E-state index contributed by atoms with van der Waals surface area (Å²) in [5, 5.41) is 0.584. The van der Waals surface area contributed by atoms with Gasteiger partial charge in [-0.2, -0.15) is 0 Å². The highest BCUT2D eigenvalue weighted by molar-refractivity contribution is 6.29. The third-order valence-electron chi connectivity index (χ3n) is 2.14. The van der Waals surface area contributed by atoms with Crippen LogP contribution in [-0.2, 0) is 0 Å². The number of pyridine rings is 1. The standard InChI is InChI=1S/C10H10ClN/c11-10-7-9(5-6-12-10)8-3-1-2-4-8/h3,5-7H,1-2,4H2. The van der Waals surface area contributed by atoms with Gasteiger partial charge in [-0.3, -0.25) is 0 Å². The Kier molecular flexibility index (Phi) is 2.13. The zero-order valence-electron chi connectivity index (χ0n) is 6.76. The van der Waals surface area contributed by atoms with Crippen LogP contribution in [0.4, 0.5) is 0 Å². The van der Waals surface area contributed by atoms with Gasteiger partial charge >= 0.3 is 0 Å².